The lowest BCUT2D eigenvalue weighted by Crippen LogP contribution is -2.18. The van der Waals surface area contributed by atoms with E-state index in [1.807, 2.05) is 18.2 Å². The van der Waals surface area contributed by atoms with Crippen molar-refractivity contribution in [3.63, 3.8) is 0 Å². The van der Waals surface area contributed by atoms with E-state index in [2.05, 4.69) is 27.6 Å². The van der Waals surface area contributed by atoms with E-state index in [0.717, 1.165) is 15.0 Å². The van der Waals surface area contributed by atoms with E-state index in [1.165, 1.54) is 0 Å². The number of hydrogen-bond donors (Lipinski definition) is 2. The molecule has 0 saturated carbocycles. The van der Waals surface area contributed by atoms with Crippen LogP contribution in [0.15, 0.2) is 30.7 Å². The van der Waals surface area contributed by atoms with E-state index in [9.17, 15) is 0 Å². The van der Waals surface area contributed by atoms with Gasteiger partial charge in [0.15, 0.2) is 0 Å². The van der Waals surface area contributed by atoms with Gasteiger partial charge in [-0.2, -0.15) is 0 Å². The van der Waals surface area contributed by atoms with Gasteiger partial charge >= 0.3 is 0 Å². The molecule has 0 amide bonds. The Hall–Kier alpha value is -0.630. The zero-order valence-corrected chi connectivity index (χ0v) is 11.8. The molecule has 6 heteroatoms. The third-order valence-electron chi connectivity index (χ3n) is 2.41. The second-order valence-electron chi connectivity index (χ2n) is 3.57. The zero-order valence-electron chi connectivity index (χ0n) is 8.85. The van der Waals surface area contributed by atoms with Crippen LogP contribution in [0.3, 0.4) is 0 Å². The van der Waals surface area contributed by atoms with Crippen molar-refractivity contribution in [1.82, 2.24) is 9.55 Å². The van der Waals surface area contributed by atoms with E-state index in [1.54, 1.807) is 17.1 Å². The molecule has 1 aromatic carbocycles. The lowest BCUT2D eigenvalue weighted by Gasteiger charge is -2.13. The first-order valence-electron chi connectivity index (χ1n) is 4.97. The Labute approximate surface area is 118 Å². The average molecular weight is 364 g/mol. The quantitative estimate of drug-likeness (QED) is 0.821. The molecule has 0 aliphatic heterocycles. The summed E-state index contributed by atoms with van der Waals surface area (Å²) in [6.07, 6.45) is 3.27. The van der Waals surface area contributed by atoms with Gasteiger partial charge in [0, 0.05) is 3.57 Å². The number of hydrogen-bond acceptors (Lipinski definition) is 3. The summed E-state index contributed by atoms with van der Waals surface area (Å²) in [5.74, 6) is 0. The Balaban J connectivity index is 2.50. The highest BCUT2D eigenvalue weighted by Crippen LogP contribution is 2.25. The maximum atomic E-state index is 9.09. The topological polar surface area (TPSA) is 64.1 Å². The molecule has 90 valence electrons. The summed E-state index contributed by atoms with van der Waals surface area (Å²) in [6, 6.07) is 5.26. The van der Waals surface area contributed by atoms with Crippen molar-refractivity contribution in [2.75, 3.05) is 6.61 Å². The molecule has 0 aliphatic carbocycles. The molecule has 17 heavy (non-hydrogen) atoms. The van der Waals surface area contributed by atoms with Crippen molar-refractivity contribution in [3.05, 3.63) is 45.0 Å². The van der Waals surface area contributed by atoms with Crippen molar-refractivity contribution >= 4 is 34.2 Å². The number of aliphatic hydroxyl groups is 1. The standard InChI is InChI=1S/C11H11ClIN3O/c12-8-3-7(13)1-2-10(8)16-6-15-4-11(16)9(14)5-17/h1-4,6,9,17H,5,14H2. The van der Waals surface area contributed by atoms with Crippen molar-refractivity contribution in [1.29, 1.82) is 0 Å². The predicted molar refractivity (Wildman–Crippen MR) is 75.3 cm³/mol. The van der Waals surface area contributed by atoms with Crippen molar-refractivity contribution in [3.8, 4) is 5.69 Å². The van der Waals surface area contributed by atoms with Crippen LogP contribution >= 0.6 is 34.2 Å². The molecule has 0 saturated heterocycles. The number of aromatic nitrogens is 2. The molecule has 1 atom stereocenters. The normalized spacial score (nSPS) is 12.7. The number of aliphatic hydroxyl groups excluding tert-OH is 1. The summed E-state index contributed by atoms with van der Waals surface area (Å²) in [5.41, 5.74) is 7.34. The molecule has 1 heterocycles. The van der Waals surface area contributed by atoms with Crippen LogP contribution < -0.4 is 5.73 Å². The van der Waals surface area contributed by atoms with Crippen LogP contribution in [0.4, 0.5) is 0 Å². The van der Waals surface area contributed by atoms with Crippen LogP contribution in [0, 0.1) is 3.57 Å². The highest BCUT2D eigenvalue weighted by molar-refractivity contribution is 14.1. The maximum Gasteiger partial charge on any atom is 0.0995 e. The number of benzene rings is 1. The van der Waals surface area contributed by atoms with E-state index < -0.39 is 6.04 Å². The fourth-order valence-electron chi connectivity index (χ4n) is 1.55. The lowest BCUT2D eigenvalue weighted by molar-refractivity contribution is 0.265. The molecule has 2 rings (SSSR count). The largest absolute Gasteiger partial charge is 0.394 e. The Morgan fingerprint density at radius 2 is 2.29 bits per heavy atom. The number of nitrogens with two attached hydrogens (primary N) is 1. The summed E-state index contributed by atoms with van der Waals surface area (Å²) in [4.78, 5) is 4.04. The first-order chi connectivity index (χ1) is 8.13. The molecule has 3 N–H and O–H groups in total. The molecule has 4 nitrogen and oxygen atoms in total. The number of nitrogens with zero attached hydrogens (tertiary/aromatic N) is 2. The monoisotopic (exact) mass is 363 g/mol. The van der Waals surface area contributed by atoms with Gasteiger partial charge in [-0.3, -0.25) is 0 Å². The van der Waals surface area contributed by atoms with E-state index in [4.69, 9.17) is 22.4 Å². The predicted octanol–water partition coefficient (Wildman–Crippen LogP) is 2.12. The molecule has 1 unspecified atom stereocenters. The first kappa shape index (κ1) is 12.8. The third-order valence-corrected chi connectivity index (χ3v) is 3.39. The summed E-state index contributed by atoms with van der Waals surface area (Å²) < 4.78 is 2.85. The molecule has 0 bridgehead atoms. The Kier molecular flexibility index (Phi) is 4.03. The van der Waals surface area contributed by atoms with Gasteiger partial charge in [0.2, 0.25) is 0 Å². The van der Waals surface area contributed by atoms with Gasteiger partial charge < -0.3 is 15.4 Å². The van der Waals surface area contributed by atoms with Gasteiger partial charge in [-0.25, -0.2) is 4.98 Å². The van der Waals surface area contributed by atoms with Gasteiger partial charge in [-0.05, 0) is 40.8 Å². The van der Waals surface area contributed by atoms with Crippen LogP contribution in [0.25, 0.3) is 5.69 Å². The smallest absolute Gasteiger partial charge is 0.0995 e. The minimum Gasteiger partial charge on any atom is -0.394 e. The maximum absolute atomic E-state index is 9.09. The highest BCUT2D eigenvalue weighted by atomic mass is 127. The number of rotatable bonds is 3. The molecule has 1 aromatic heterocycles. The summed E-state index contributed by atoms with van der Waals surface area (Å²) in [5, 5.41) is 9.72. The van der Waals surface area contributed by atoms with E-state index in [-0.39, 0.29) is 6.61 Å². The van der Waals surface area contributed by atoms with Gasteiger partial charge in [0.1, 0.15) is 0 Å². The zero-order chi connectivity index (χ0) is 12.4. The fourth-order valence-corrected chi connectivity index (χ4v) is 2.50. The lowest BCUT2D eigenvalue weighted by atomic mass is 10.2. The fraction of sp³-hybridized carbons (Fsp3) is 0.182. The van der Waals surface area contributed by atoms with Gasteiger partial charge in [0.25, 0.3) is 0 Å². The molecule has 0 radical (unpaired) electrons. The summed E-state index contributed by atoms with van der Waals surface area (Å²) in [6.45, 7) is -0.131. The number of imidazole rings is 1. The summed E-state index contributed by atoms with van der Waals surface area (Å²) >= 11 is 8.38. The Morgan fingerprint density at radius 3 is 2.94 bits per heavy atom. The molecule has 0 fully saturated rings. The molecular formula is C11H11ClIN3O. The first-order valence-corrected chi connectivity index (χ1v) is 6.43. The Bertz CT molecular complexity index is 529. The molecule has 0 spiro atoms. The minimum atomic E-state index is -0.465. The molecule has 0 aliphatic rings. The third kappa shape index (κ3) is 2.62. The van der Waals surface area contributed by atoms with Gasteiger partial charge in [-0.15, -0.1) is 0 Å². The minimum absolute atomic E-state index is 0.131. The van der Waals surface area contributed by atoms with Crippen LogP contribution in [-0.4, -0.2) is 21.3 Å². The Morgan fingerprint density at radius 1 is 1.53 bits per heavy atom. The van der Waals surface area contributed by atoms with E-state index in [0.29, 0.717) is 5.02 Å². The molecular weight excluding hydrogens is 352 g/mol. The van der Waals surface area contributed by atoms with Crippen molar-refractivity contribution < 1.29 is 5.11 Å². The van der Waals surface area contributed by atoms with Gasteiger partial charge in [0.05, 0.1) is 41.6 Å². The SMILES string of the molecule is NC(CO)c1cncn1-c1ccc(I)cc1Cl. The second kappa shape index (κ2) is 5.34. The van der Waals surface area contributed by atoms with Crippen molar-refractivity contribution in [2.45, 2.75) is 6.04 Å². The number of halogens is 2. The van der Waals surface area contributed by atoms with Crippen LogP contribution in [0.2, 0.25) is 5.02 Å². The van der Waals surface area contributed by atoms with Crippen molar-refractivity contribution in [2.24, 2.45) is 5.73 Å². The van der Waals surface area contributed by atoms with Crippen LogP contribution in [0.5, 0.6) is 0 Å². The van der Waals surface area contributed by atoms with Crippen LogP contribution in [0.1, 0.15) is 11.7 Å². The highest BCUT2D eigenvalue weighted by Gasteiger charge is 2.13. The molecule has 2 aromatic rings. The van der Waals surface area contributed by atoms with Crippen LogP contribution in [-0.2, 0) is 0 Å². The van der Waals surface area contributed by atoms with E-state index >= 15 is 0 Å². The average Bonchev–Trinajstić information content (AvgIpc) is 2.77. The second-order valence-corrected chi connectivity index (χ2v) is 5.23. The summed E-state index contributed by atoms with van der Waals surface area (Å²) in [7, 11) is 0. The van der Waals surface area contributed by atoms with Gasteiger partial charge in [-0.1, -0.05) is 11.6 Å².